The first-order valence-electron chi connectivity index (χ1n) is 12.8. The van der Waals surface area contributed by atoms with Crippen LogP contribution < -0.4 is 24.6 Å². The fraction of sp³-hybridized carbons (Fsp3) is 0.290. The number of aryl methyl sites for hydroxylation is 1. The van der Waals surface area contributed by atoms with E-state index in [-0.39, 0.29) is 12.5 Å². The summed E-state index contributed by atoms with van der Waals surface area (Å²) in [7, 11) is 3.19. The van der Waals surface area contributed by atoms with Crippen LogP contribution in [0.4, 0.5) is 0 Å². The van der Waals surface area contributed by atoms with Gasteiger partial charge in [-0.05, 0) is 73.4 Å². The molecule has 0 radical (unpaired) electrons. The van der Waals surface area contributed by atoms with Gasteiger partial charge in [0.2, 0.25) is 0 Å². The summed E-state index contributed by atoms with van der Waals surface area (Å²) in [5, 5.41) is 0.838. The Bertz CT molecular complexity index is 1550. The molecule has 0 aliphatic carbocycles. The normalized spacial score (nSPS) is 15.4. The number of carbonyl (C=O) groups is 1. The van der Waals surface area contributed by atoms with E-state index in [1.165, 1.54) is 6.07 Å². The zero-order chi connectivity index (χ0) is 27.5. The highest BCUT2D eigenvalue weighted by molar-refractivity contribution is 5.82. The molecule has 2 unspecified atom stereocenters. The number of rotatable bonds is 8. The van der Waals surface area contributed by atoms with Crippen LogP contribution in [0.25, 0.3) is 11.0 Å². The van der Waals surface area contributed by atoms with Crippen molar-refractivity contribution in [2.75, 3.05) is 27.4 Å². The number of methoxy groups -OCH3 is 2. The van der Waals surface area contributed by atoms with Gasteiger partial charge in [0.05, 0.1) is 20.3 Å². The minimum atomic E-state index is -0.700. The summed E-state index contributed by atoms with van der Waals surface area (Å²) in [6.07, 6.45) is -0.0503. The molecular weight excluding hydrogens is 498 g/mol. The second-order valence-electron chi connectivity index (χ2n) is 9.49. The van der Waals surface area contributed by atoms with Gasteiger partial charge in [-0.1, -0.05) is 18.2 Å². The third-order valence-corrected chi connectivity index (χ3v) is 7.02. The summed E-state index contributed by atoms with van der Waals surface area (Å²) in [6, 6.07) is 19.6. The number of hydrogen-bond donors (Lipinski definition) is 0. The van der Waals surface area contributed by atoms with Crippen molar-refractivity contribution in [2.24, 2.45) is 0 Å². The number of para-hydroxylation sites is 1. The van der Waals surface area contributed by atoms with E-state index < -0.39 is 17.8 Å². The lowest BCUT2D eigenvalue weighted by Gasteiger charge is -2.38. The summed E-state index contributed by atoms with van der Waals surface area (Å²) >= 11 is 0. The number of benzene rings is 3. The molecule has 2 atom stereocenters. The van der Waals surface area contributed by atoms with Gasteiger partial charge in [-0.3, -0.25) is 4.79 Å². The molecule has 39 heavy (non-hydrogen) atoms. The van der Waals surface area contributed by atoms with Crippen LogP contribution in [0.3, 0.4) is 0 Å². The Balaban J connectivity index is 1.46. The minimum absolute atomic E-state index is 0.145. The van der Waals surface area contributed by atoms with Crippen molar-refractivity contribution in [1.29, 1.82) is 0 Å². The quantitative estimate of drug-likeness (QED) is 0.294. The fourth-order valence-electron chi connectivity index (χ4n) is 5.03. The van der Waals surface area contributed by atoms with Crippen LogP contribution in [0.15, 0.2) is 75.9 Å². The number of nitrogens with zero attached hydrogens (tertiary/aromatic N) is 1. The van der Waals surface area contributed by atoms with Crippen LogP contribution in [0, 0.1) is 6.92 Å². The molecule has 0 bridgehead atoms. The summed E-state index contributed by atoms with van der Waals surface area (Å²) < 4.78 is 28.7. The average molecular weight is 530 g/mol. The van der Waals surface area contributed by atoms with E-state index in [2.05, 4.69) is 0 Å². The maximum absolute atomic E-state index is 13.7. The van der Waals surface area contributed by atoms with E-state index in [1.54, 1.807) is 32.1 Å². The molecule has 0 spiro atoms. The molecule has 1 aliphatic heterocycles. The first-order valence-corrected chi connectivity index (χ1v) is 12.8. The molecule has 1 amide bonds. The number of carbonyl (C=O) groups excluding carboxylic acids is 1. The van der Waals surface area contributed by atoms with Gasteiger partial charge in [-0.2, -0.15) is 0 Å². The molecule has 4 aromatic rings. The van der Waals surface area contributed by atoms with Gasteiger partial charge in [0.15, 0.2) is 17.6 Å². The molecule has 0 saturated carbocycles. The average Bonchev–Trinajstić information content (AvgIpc) is 2.94. The smallest absolute Gasteiger partial charge is 0.336 e. The van der Waals surface area contributed by atoms with Crippen molar-refractivity contribution in [1.82, 2.24) is 4.90 Å². The van der Waals surface area contributed by atoms with Crippen LogP contribution in [-0.2, 0) is 11.2 Å². The van der Waals surface area contributed by atoms with Gasteiger partial charge < -0.3 is 28.3 Å². The van der Waals surface area contributed by atoms with E-state index in [1.807, 2.05) is 61.5 Å². The van der Waals surface area contributed by atoms with E-state index in [4.69, 9.17) is 23.4 Å². The van der Waals surface area contributed by atoms with Gasteiger partial charge in [0.25, 0.3) is 5.91 Å². The highest BCUT2D eigenvalue weighted by Gasteiger charge is 2.35. The van der Waals surface area contributed by atoms with Crippen molar-refractivity contribution in [3.63, 3.8) is 0 Å². The number of hydrogen-bond acceptors (Lipinski definition) is 7. The van der Waals surface area contributed by atoms with Crippen molar-refractivity contribution in [2.45, 2.75) is 32.4 Å². The molecule has 0 saturated heterocycles. The van der Waals surface area contributed by atoms with Crippen molar-refractivity contribution < 1.29 is 28.2 Å². The Morgan fingerprint density at radius 1 is 1.00 bits per heavy atom. The van der Waals surface area contributed by atoms with Crippen LogP contribution in [0.1, 0.15) is 29.7 Å². The Labute approximate surface area is 226 Å². The first-order chi connectivity index (χ1) is 18.9. The Hall–Kier alpha value is -4.46. The second-order valence-corrected chi connectivity index (χ2v) is 9.49. The predicted molar refractivity (Wildman–Crippen MR) is 147 cm³/mol. The van der Waals surface area contributed by atoms with E-state index in [0.717, 1.165) is 22.1 Å². The molecule has 3 aromatic carbocycles. The summed E-state index contributed by atoms with van der Waals surface area (Å²) in [5.74, 6) is 2.23. The molecule has 5 rings (SSSR count). The Morgan fingerprint density at radius 3 is 2.49 bits per heavy atom. The third kappa shape index (κ3) is 5.41. The molecule has 2 heterocycles. The van der Waals surface area contributed by atoms with Crippen LogP contribution in [0.2, 0.25) is 0 Å². The van der Waals surface area contributed by atoms with E-state index >= 15 is 0 Å². The van der Waals surface area contributed by atoms with Gasteiger partial charge in [0.1, 0.15) is 23.7 Å². The van der Waals surface area contributed by atoms with Crippen LogP contribution >= 0.6 is 0 Å². The van der Waals surface area contributed by atoms with Crippen molar-refractivity contribution >= 4 is 16.9 Å². The largest absolute Gasteiger partial charge is 0.493 e. The molecule has 1 aromatic heterocycles. The predicted octanol–water partition coefficient (Wildman–Crippen LogP) is 5.09. The zero-order valence-electron chi connectivity index (χ0n) is 22.4. The monoisotopic (exact) mass is 529 g/mol. The first kappa shape index (κ1) is 26.2. The standard InChI is InChI=1S/C31H31NO7/c1-19-14-30(33)39-27-16-23(10-11-24(19)27)37-18-26-25-17-29(36-4)28(35-3)15-21(25)12-13-32(26)31(34)20(2)38-22-8-6-5-7-9-22/h5-11,14-17,20,26H,12-13,18H2,1-4H3. The number of ether oxygens (including phenoxy) is 4. The van der Waals surface area contributed by atoms with Gasteiger partial charge in [-0.25, -0.2) is 4.79 Å². The van der Waals surface area contributed by atoms with Crippen LogP contribution in [-0.4, -0.2) is 44.3 Å². The second kappa shape index (κ2) is 11.1. The molecule has 202 valence electrons. The molecule has 0 fully saturated rings. The number of amides is 1. The zero-order valence-corrected chi connectivity index (χ0v) is 22.4. The minimum Gasteiger partial charge on any atom is -0.493 e. The van der Waals surface area contributed by atoms with E-state index in [9.17, 15) is 9.59 Å². The Kier molecular flexibility index (Phi) is 7.45. The summed E-state index contributed by atoms with van der Waals surface area (Å²) in [5.41, 5.74) is 2.85. The van der Waals surface area contributed by atoms with Gasteiger partial charge in [0, 0.05) is 24.1 Å². The van der Waals surface area contributed by atoms with Gasteiger partial charge in [-0.15, -0.1) is 0 Å². The lowest BCUT2D eigenvalue weighted by Crippen LogP contribution is -2.47. The lowest BCUT2D eigenvalue weighted by molar-refractivity contribution is -0.141. The fourth-order valence-corrected chi connectivity index (χ4v) is 5.03. The molecular formula is C31H31NO7. The van der Waals surface area contributed by atoms with Crippen molar-refractivity contribution in [3.8, 4) is 23.0 Å². The highest BCUT2D eigenvalue weighted by atomic mass is 16.5. The SMILES string of the molecule is COc1cc2c(cc1OC)C(COc1ccc3c(C)cc(=O)oc3c1)N(C(=O)C(C)Oc1ccccc1)CC2. The summed E-state index contributed by atoms with van der Waals surface area (Å²) in [4.78, 5) is 27.4. The highest BCUT2D eigenvalue weighted by Crippen LogP contribution is 2.39. The lowest BCUT2D eigenvalue weighted by atomic mass is 9.91. The molecule has 8 nitrogen and oxygen atoms in total. The van der Waals surface area contributed by atoms with Crippen molar-refractivity contribution in [3.05, 3.63) is 93.8 Å². The van der Waals surface area contributed by atoms with Crippen LogP contribution in [0.5, 0.6) is 23.0 Å². The molecule has 1 aliphatic rings. The van der Waals surface area contributed by atoms with E-state index in [0.29, 0.717) is 41.5 Å². The topological polar surface area (TPSA) is 87.4 Å². The Morgan fingerprint density at radius 2 is 1.74 bits per heavy atom. The maximum atomic E-state index is 13.7. The third-order valence-electron chi connectivity index (χ3n) is 7.02. The maximum Gasteiger partial charge on any atom is 0.336 e. The number of fused-ring (bicyclic) bond motifs is 2. The molecule has 0 N–H and O–H groups in total. The van der Waals surface area contributed by atoms with Gasteiger partial charge >= 0.3 is 5.63 Å². The molecule has 8 heteroatoms. The summed E-state index contributed by atoms with van der Waals surface area (Å²) in [6.45, 7) is 4.28.